The fourth-order valence-corrected chi connectivity index (χ4v) is 4.67. The first kappa shape index (κ1) is 27.7. The Bertz CT molecular complexity index is 1120. The van der Waals surface area contributed by atoms with Gasteiger partial charge in [-0.15, -0.1) is 24.5 Å². The number of hydrogen-bond acceptors (Lipinski definition) is 7. The quantitative estimate of drug-likeness (QED) is 0.425. The normalized spacial score (nSPS) is 18.9. The van der Waals surface area contributed by atoms with Gasteiger partial charge >= 0.3 is 18.6 Å². The maximum atomic E-state index is 14.8. The van der Waals surface area contributed by atoms with Gasteiger partial charge in [0.1, 0.15) is 12.7 Å². The van der Waals surface area contributed by atoms with Crippen molar-refractivity contribution in [2.24, 2.45) is 0 Å². The maximum absolute atomic E-state index is 14.8. The Morgan fingerprint density at radius 1 is 1.22 bits per heavy atom. The Kier molecular flexibility index (Phi) is 8.17. The van der Waals surface area contributed by atoms with Gasteiger partial charge in [0.05, 0.1) is 34.5 Å². The van der Waals surface area contributed by atoms with Crippen molar-refractivity contribution >= 4 is 33.6 Å². The van der Waals surface area contributed by atoms with E-state index in [4.69, 9.17) is 4.74 Å². The van der Waals surface area contributed by atoms with E-state index in [1.165, 1.54) is 12.4 Å². The monoisotopic (exact) mass is 547 g/mol. The van der Waals surface area contributed by atoms with E-state index >= 15 is 0 Å². The Morgan fingerprint density at radius 2 is 1.92 bits per heavy atom. The second kappa shape index (κ2) is 10.6. The van der Waals surface area contributed by atoms with Crippen molar-refractivity contribution in [2.75, 3.05) is 33.4 Å². The molecule has 0 spiro atoms. The first-order valence-electron chi connectivity index (χ1n) is 10.4. The lowest BCUT2D eigenvalue weighted by Gasteiger charge is -2.34. The molecule has 2 atom stereocenters. The predicted molar refractivity (Wildman–Crippen MR) is 112 cm³/mol. The summed E-state index contributed by atoms with van der Waals surface area (Å²) in [5.41, 5.74) is -1.79. The number of piperidine rings is 1. The average molecular weight is 547 g/mol. The summed E-state index contributed by atoms with van der Waals surface area (Å²) < 4.78 is 106. The molecule has 0 bridgehead atoms. The third-order valence-corrected chi connectivity index (χ3v) is 6.22. The molecular formula is C20H20F7N3O5S. The lowest BCUT2D eigenvalue weighted by Crippen LogP contribution is -2.49. The Labute approximate surface area is 203 Å². The summed E-state index contributed by atoms with van der Waals surface area (Å²) >= 11 is 0.691. The first-order valence-corrected chi connectivity index (χ1v) is 11.2. The number of hydrogen-bond donors (Lipinski definition) is 1. The summed E-state index contributed by atoms with van der Waals surface area (Å²) in [5.74, 6) is -1.17. The van der Waals surface area contributed by atoms with Crippen LogP contribution in [0.3, 0.4) is 0 Å². The van der Waals surface area contributed by atoms with Gasteiger partial charge in [0.15, 0.2) is 6.17 Å². The molecule has 1 N–H and O–H groups in total. The zero-order valence-corrected chi connectivity index (χ0v) is 19.6. The lowest BCUT2D eigenvalue weighted by molar-refractivity contribution is -0.326. The van der Waals surface area contributed by atoms with Crippen LogP contribution in [0.15, 0.2) is 5.38 Å². The summed E-state index contributed by atoms with van der Waals surface area (Å²) in [6, 6.07) is 0. The number of nitrogens with zero attached hydrogens (tertiary/aromatic N) is 2. The Morgan fingerprint density at radius 3 is 2.50 bits per heavy atom. The number of amides is 2. The zero-order valence-electron chi connectivity index (χ0n) is 18.8. The molecule has 0 aromatic carbocycles. The Hall–Kier alpha value is -2.88. The van der Waals surface area contributed by atoms with Gasteiger partial charge in [0.2, 0.25) is 5.88 Å². The number of rotatable bonds is 6. The number of fused-ring (bicyclic) bond motifs is 1. The number of aromatic nitrogens is 1. The molecular weight excluding hydrogens is 527 g/mol. The third-order valence-electron chi connectivity index (χ3n) is 5.23. The molecule has 1 aliphatic heterocycles. The molecule has 0 unspecified atom stereocenters. The zero-order chi connectivity index (χ0) is 26.8. The van der Waals surface area contributed by atoms with Gasteiger partial charge in [-0.2, -0.15) is 13.2 Å². The second-order valence-electron chi connectivity index (χ2n) is 7.64. The van der Waals surface area contributed by atoms with Crippen molar-refractivity contribution in [3.63, 3.8) is 0 Å². The van der Waals surface area contributed by atoms with Crippen molar-refractivity contribution in [2.45, 2.75) is 38.2 Å². The lowest BCUT2D eigenvalue weighted by atomic mass is 10.1. The van der Waals surface area contributed by atoms with Crippen LogP contribution in [0.1, 0.15) is 27.9 Å². The molecule has 1 fully saturated rings. The van der Waals surface area contributed by atoms with E-state index in [1.54, 1.807) is 0 Å². The summed E-state index contributed by atoms with van der Waals surface area (Å²) in [7, 11) is 1.30. The minimum atomic E-state index is -4.89. The minimum absolute atomic E-state index is 0.100. The summed E-state index contributed by atoms with van der Waals surface area (Å²) in [4.78, 5) is 29.0. The van der Waals surface area contributed by atoms with Crippen molar-refractivity contribution in [1.82, 2.24) is 15.2 Å². The molecule has 2 aromatic rings. The molecule has 36 heavy (non-hydrogen) atoms. The second-order valence-corrected chi connectivity index (χ2v) is 8.52. The van der Waals surface area contributed by atoms with Crippen LogP contribution in [0.5, 0.6) is 5.88 Å². The van der Waals surface area contributed by atoms with Crippen molar-refractivity contribution in [3.8, 4) is 5.88 Å². The van der Waals surface area contributed by atoms with Crippen LogP contribution in [0.25, 0.3) is 10.2 Å². The van der Waals surface area contributed by atoms with Crippen LogP contribution in [0.4, 0.5) is 35.5 Å². The van der Waals surface area contributed by atoms with Crippen LogP contribution in [0, 0.1) is 6.92 Å². The fourth-order valence-electron chi connectivity index (χ4n) is 3.56. The summed E-state index contributed by atoms with van der Waals surface area (Å²) in [6.07, 6.45) is -14.1. The van der Waals surface area contributed by atoms with Crippen LogP contribution >= 0.6 is 11.3 Å². The predicted octanol–water partition coefficient (Wildman–Crippen LogP) is 4.45. The van der Waals surface area contributed by atoms with Gasteiger partial charge in [-0.3, -0.25) is 9.53 Å². The number of thiophene rings is 1. The standard InChI is InChI=1S/C20H20F7N3O5S/c1-9-13(19(22,23)24)15-14(10(8-36-15)16(31)28-2)29-17(9)35-12-3-4-30(7-11(12)21)18(32)33-5-6-34-20(25,26)27/h8,11-12H,3-7H2,1-2H3,(H,28,31)/t11-,12+/m1/s1. The van der Waals surface area contributed by atoms with Gasteiger partial charge in [-0.05, 0) is 6.92 Å². The van der Waals surface area contributed by atoms with E-state index in [9.17, 15) is 40.3 Å². The minimum Gasteiger partial charge on any atom is -0.471 e. The smallest absolute Gasteiger partial charge is 0.471 e. The molecule has 16 heteroatoms. The number of ether oxygens (including phenoxy) is 3. The van der Waals surface area contributed by atoms with Gasteiger partial charge in [0.25, 0.3) is 5.91 Å². The highest BCUT2D eigenvalue weighted by Crippen LogP contribution is 2.43. The molecule has 3 heterocycles. The third kappa shape index (κ3) is 6.27. The van der Waals surface area contributed by atoms with Gasteiger partial charge < -0.3 is 19.7 Å². The first-order chi connectivity index (χ1) is 16.7. The van der Waals surface area contributed by atoms with Gasteiger partial charge in [0, 0.05) is 31.0 Å². The molecule has 1 saturated heterocycles. The van der Waals surface area contributed by atoms with E-state index in [0.29, 0.717) is 11.3 Å². The number of carbonyl (C=O) groups excluding carboxylic acids is 2. The van der Waals surface area contributed by atoms with Crippen LogP contribution < -0.4 is 10.1 Å². The van der Waals surface area contributed by atoms with E-state index in [1.807, 2.05) is 0 Å². The number of carbonyl (C=O) groups is 2. The molecule has 0 saturated carbocycles. The maximum Gasteiger partial charge on any atom is 0.522 e. The molecule has 3 rings (SSSR count). The summed E-state index contributed by atoms with van der Waals surface area (Å²) in [6.45, 7) is -1.25. The fraction of sp³-hybridized carbons (Fsp3) is 0.550. The van der Waals surface area contributed by atoms with Crippen molar-refractivity contribution in [1.29, 1.82) is 0 Å². The molecule has 1 aliphatic rings. The van der Waals surface area contributed by atoms with E-state index < -0.39 is 68.0 Å². The Balaban J connectivity index is 1.75. The van der Waals surface area contributed by atoms with Crippen molar-refractivity contribution < 1.29 is 54.5 Å². The molecule has 200 valence electrons. The van der Waals surface area contributed by atoms with Crippen LogP contribution in [-0.2, 0) is 15.7 Å². The number of nitrogens with one attached hydrogen (secondary N) is 1. The van der Waals surface area contributed by atoms with Gasteiger partial charge in [-0.25, -0.2) is 14.2 Å². The topological polar surface area (TPSA) is 90.0 Å². The highest BCUT2D eigenvalue weighted by atomic mass is 32.1. The average Bonchev–Trinajstić information content (AvgIpc) is 3.19. The van der Waals surface area contributed by atoms with Crippen LogP contribution in [-0.4, -0.2) is 73.9 Å². The SMILES string of the molecule is CNC(=O)c1csc2c(C(F)(F)F)c(C)c(O[C@H]3CCN(C(=O)OCCOC(F)(F)F)C[C@H]3F)nc12. The molecule has 8 nitrogen and oxygen atoms in total. The highest BCUT2D eigenvalue weighted by Gasteiger charge is 2.40. The summed E-state index contributed by atoms with van der Waals surface area (Å²) in [5, 5.41) is 3.55. The molecule has 2 amide bonds. The molecule has 0 radical (unpaired) electrons. The van der Waals surface area contributed by atoms with E-state index in [2.05, 4.69) is 19.8 Å². The van der Waals surface area contributed by atoms with Gasteiger partial charge in [-0.1, -0.05) is 0 Å². The van der Waals surface area contributed by atoms with E-state index in [0.717, 1.165) is 11.8 Å². The highest BCUT2D eigenvalue weighted by molar-refractivity contribution is 7.17. The molecule has 0 aliphatic carbocycles. The number of likely N-dealkylation sites (tertiary alicyclic amines) is 1. The molecule has 2 aromatic heterocycles. The number of halogens is 7. The number of pyridine rings is 1. The largest absolute Gasteiger partial charge is 0.522 e. The van der Waals surface area contributed by atoms with Crippen LogP contribution in [0.2, 0.25) is 0 Å². The van der Waals surface area contributed by atoms with Crippen molar-refractivity contribution in [3.05, 3.63) is 22.1 Å². The number of alkyl halides is 7. The van der Waals surface area contributed by atoms with E-state index in [-0.39, 0.29) is 34.3 Å².